The first-order chi connectivity index (χ1) is 12.1. The van der Waals surface area contributed by atoms with Gasteiger partial charge in [0.05, 0.1) is 11.8 Å². The van der Waals surface area contributed by atoms with E-state index >= 15 is 0 Å². The van der Waals surface area contributed by atoms with Crippen LogP contribution in [0.3, 0.4) is 0 Å². The van der Waals surface area contributed by atoms with Gasteiger partial charge in [0.15, 0.2) is 11.5 Å². The zero-order valence-electron chi connectivity index (χ0n) is 13.3. The molecule has 0 aliphatic heterocycles. The lowest BCUT2D eigenvalue weighted by atomic mass is 9.93. The minimum Gasteiger partial charge on any atom is -0.360 e. The molecule has 3 nitrogen and oxygen atoms in total. The highest BCUT2D eigenvalue weighted by Crippen LogP contribution is 2.42. The monoisotopic (exact) mass is 339 g/mol. The summed E-state index contributed by atoms with van der Waals surface area (Å²) >= 11 is 0. The van der Waals surface area contributed by atoms with E-state index in [4.69, 9.17) is 4.52 Å². The molecule has 0 bridgehead atoms. The molecule has 0 spiro atoms. The third-order valence-corrected chi connectivity index (χ3v) is 4.48. The first-order valence-electron chi connectivity index (χ1n) is 8.15. The molecule has 1 saturated carbocycles. The molecule has 1 fully saturated rings. The van der Waals surface area contributed by atoms with E-state index in [1.807, 2.05) is 0 Å². The summed E-state index contributed by atoms with van der Waals surface area (Å²) in [4.78, 5) is 13.0. The number of rotatable bonds is 5. The molecule has 0 N–H and O–H groups in total. The third kappa shape index (κ3) is 2.97. The summed E-state index contributed by atoms with van der Waals surface area (Å²) in [6.45, 7) is 0. The van der Waals surface area contributed by atoms with Crippen LogP contribution in [0.2, 0.25) is 0 Å². The second-order valence-electron chi connectivity index (χ2n) is 6.24. The largest absolute Gasteiger partial charge is 0.360 e. The highest BCUT2D eigenvalue weighted by Gasteiger charge is 2.33. The van der Waals surface area contributed by atoms with Crippen molar-refractivity contribution in [3.8, 4) is 0 Å². The number of hydrogen-bond acceptors (Lipinski definition) is 3. The second-order valence-corrected chi connectivity index (χ2v) is 6.24. The lowest BCUT2D eigenvalue weighted by Crippen LogP contribution is -2.08. The van der Waals surface area contributed by atoms with Gasteiger partial charge >= 0.3 is 0 Å². The average molecular weight is 339 g/mol. The van der Waals surface area contributed by atoms with Gasteiger partial charge in [0.1, 0.15) is 11.6 Å². The summed E-state index contributed by atoms with van der Waals surface area (Å²) in [6, 6.07) is 10.6. The lowest BCUT2D eigenvalue weighted by Gasteiger charge is -2.10. The van der Waals surface area contributed by atoms with Gasteiger partial charge in [0.25, 0.3) is 0 Å². The maximum atomic E-state index is 14.0. The standard InChI is InChI=1S/C20H15F2NO2/c21-17-6-3-7-18(22)15(17)10-13-4-1-2-5-14(13)19(24)16-11-23-25-20(16)12-8-9-12/h1-7,11-12H,8-10H2. The molecule has 0 radical (unpaired) electrons. The number of halogens is 2. The van der Waals surface area contributed by atoms with Crippen LogP contribution in [0.5, 0.6) is 0 Å². The molecule has 126 valence electrons. The van der Waals surface area contributed by atoms with Crippen LogP contribution in [0.25, 0.3) is 0 Å². The van der Waals surface area contributed by atoms with Crippen LogP contribution in [0, 0.1) is 11.6 Å². The molecule has 1 aliphatic carbocycles. The van der Waals surface area contributed by atoms with Crippen molar-refractivity contribution < 1.29 is 18.1 Å². The van der Waals surface area contributed by atoms with Crippen molar-refractivity contribution in [2.45, 2.75) is 25.2 Å². The van der Waals surface area contributed by atoms with Gasteiger partial charge in [-0.05, 0) is 30.5 Å². The van der Waals surface area contributed by atoms with E-state index in [0.717, 1.165) is 12.8 Å². The fraction of sp³-hybridized carbons (Fsp3) is 0.200. The van der Waals surface area contributed by atoms with Gasteiger partial charge in [-0.1, -0.05) is 35.5 Å². The third-order valence-electron chi connectivity index (χ3n) is 4.48. The van der Waals surface area contributed by atoms with Crippen LogP contribution in [-0.2, 0) is 6.42 Å². The predicted octanol–water partition coefficient (Wildman–Crippen LogP) is 4.65. The fourth-order valence-electron chi connectivity index (χ4n) is 2.99. The van der Waals surface area contributed by atoms with Crippen LogP contribution in [0.1, 0.15) is 51.6 Å². The molecule has 1 aromatic heterocycles. The molecule has 0 amide bonds. The molecule has 0 saturated heterocycles. The van der Waals surface area contributed by atoms with Gasteiger partial charge in [0.2, 0.25) is 0 Å². The quantitative estimate of drug-likeness (QED) is 0.635. The van der Waals surface area contributed by atoms with Gasteiger partial charge in [-0.25, -0.2) is 8.78 Å². The summed E-state index contributed by atoms with van der Waals surface area (Å²) < 4.78 is 33.2. The zero-order chi connectivity index (χ0) is 17.4. The summed E-state index contributed by atoms with van der Waals surface area (Å²) in [7, 11) is 0. The molecule has 4 rings (SSSR count). The van der Waals surface area contributed by atoms with Crippen molar-refractivity contribution in [1.29, 1.82) is 0 Å². The summed E-state index contributed by atoms with van der Waals surface area (Å²) in [5.41, 5.74) is 1.37. The van der Waals surface area contributed by atoms with Gasteiger partial charge < -0.3 is 4.52 Å². The fourth-order valence-corrected chi connectivity index (χ4v) is 2.99. The van der Waals surface area contributed by atoms with Crippen molar-refractivity contribution in [3.63, 3.8) is 0 Å². The summed E-state index contributed by atoms with van der Waals surface area (Å²) in [5.74, 6) is -0.609. The van der Waals surface area contributed by atoms with Crippen LogP contribution in [0.4, 0.5) is 8.78 Å². The van der Waals surface area contributed by atoms with E-state index < -0.39 is 11.6 Å². The van der Waals surface area contributed by atoms with Crippen molar-refractivity contribution in [2.24, 2.45) is 0 Å². The Morgan fingerprint density at radius 1 is 1.04 bits per heavy atom. The molecule has 1 heterocycles. The molecule has 2 aromatic carbocycles. The molecule has 25 heavy (non-hydrogen) atoms. The minimum atomic E-state index is -0.620. The lowest BCUT2D eigenvalue weighted by molar-refractivity contribution is 0.103. The number of hydrogen-bond donors (Lipinski definition) is 0. The van der Waals surface area contributed by atoms with E-state index in [0.29, 0.717) is 22.5 Å². The Kier molecular flexibility index (Phi) is 3.92. The number of aromatic nitrogens is 1. The van der Waals surface area contributed by atoms with E-state index in [2.05, 4.69) is 5.16 Å². The average Bonchev–Trinajstić information content (AvgIpc) is 3.35. The topological polar surface area (TPSA) is 43.1 Å². The molecule has 1 aliphatic rings. The molecule has 5 heteroatoms. The van der Waals surface area contributed by atoms with Crippen LogP contribution in [-0.4, -0.2) is 10.9 Å². The number of benzene rings is 2. The Morgan fingerprint density at radius 3 is 2.48 bits per heavy atom. The molecular weight excluding hydrogens is 324 g/mol. The van der Waals surface area contributed by atoms with E-state index in [-0.39, 0.29) is 23.7 Å². The zero-order valence-corrected chi connectivity index (χ0v) is 13.3. The first-order valence-corrected chi connectivity index (χ1v) is 8.15. The molecule has 3 aromatic rings. The van der Waals surface area contributed by atoms with Gasteiger partial charge in [-0.2, -0.15) is 0 Å². The molecular formula is C20H15F2NO2. The van der Waals surface area contributed by atoms with Gasteiger partial charge in [-0.3, -0.25) is 4.79 Å². The Bertz CT molecular complexity index is 924. The van der Waals surface area contributed by atoms with Crippen molar-refractivity contribution in [2.75, 3.05) is 0 Å². The van der Waals surface area contributed by atoms with Gasteiger partial charge in [0, 0.05) is 23.5 Å². The van der Waals surface area contributed by atoms with Gasteiger partial charge in [-0.15, -0.1) is 0 Å². The number of nitrogens with zero attached hydrogens (tertiary/aromatic N) is 1. The van der Waals surface area contributed by atoms with Crippen molar-refractivity contribution >= 4 is 5.78 Å². The number of carbonyl (C=O) groups excluding carboxylic acids is 1. The first kappa shape index (κ1) is 15.7. The Hall–Kier alpha value is -2.82. The molecule has 0 unspecified atom stereocenters. The van der Waals surface area contributed by atoms with E-state index in [1.54, 1.807) is 24.3 Å². The van der Waals surface area contributed by atoms with Crippen LogP contribution >= 0.6 is 0 Å². The Balaban J connectivity index is 1.72. The minimum absolute atomic E-state index is 0.00443. The second kappa shape index (κ2) is 6.24. The maximum absolute atomic E-state index is 14.0. The normalized spacial score (nSPS) is 13.8. The summed E-state index contributed by atoms with van der Waals surface area (Å²) in [6.07, 6.45) is 3.40. The van der Waals surface area contributed by atoms with Crippen LogP contribution < -0.4 is 0 Å². The smallest absolute Gasteiger partial charge is 0.198 e. The summed E-state index contributed by atoms with van der Waals surface area (Å²) in [5, 5.41) is 3.76. The highest BCUT2D eigenvalue weighted by atomic mass is 19.1. The highest BCUT2D eigenvalue weighted by molar-refractivity contribution is 6.10. The predicted molar refractivity (Wildman–Crippen MR) is 87.5 cm³/mol. The van der Waals surface area contributed by atoms with E-state index in [1.165, 1.54) is 24.4 Å². The Morgan fingerprint density at radius 2 is 1.76 bits per heavy atom. The number of ketones is 1. The van der Waals surface area contributed by atoms with Crippen molar-refractivity contribution in [1.82, 2.24) is 5.16 Å². The van der Waals surface area contributed by atoms with Crippen molar-refractivity contribution in [3.05, 3.63) is 88.3 Å². The number of carbonyl (C=O) groups is 1. The maximum Gasteiger partial charge on any atom is 0.198 e. The molecule has 0 atom stereocenters. The van der Waals surface area contributed by atoms with E-state index in [9.17, 15) is 13.6 Å². The van der Waals surface area contributed by atoms with Crippen LogP contribution in [0.15, 0.2) is 53.2 Å². The SMILES string of the molecule is O=C(c1ccccc1Cc1c(F)cccc1F)c1cnoc1C1CC1. The Labute approximate surface area is 143 Å².